The van der Waals surface area contributed by atoms with Crippen LogP contribution in [-0.4, -0.2) is 11.3 Å². The molecule has 0 bridgehead atoms. The van der Waals surface area contributed by atoms with Crippen molar-refractivity contribution < 1.29 is 0 Å². The van der Waals surface area contributed by atoms with Gasteiger partial charge in [0.2, 0.25) is 0 Å². The lowest BCUT2D eigenvalue weighted by molar-refractivity contribution is 0.910. The Balaban J connectivity index is 2.58. The van der Waals surface area contributed by atoms with E-state index in [1.54, 1.807) is 0 Å². The number of hydrogen-bond acceptors (Lipinski definition) is 2. The number of nitrogens with zero attached hydrogens (tertiary/aromatic N) is 2. The molecule has 9 heavy (non-hydrogen) atoms. The third-order valence-electron chi connectivity index (χ3n) is 1.32. The number of hydrogen-bond donors (Lipinski definition) is 0. The second-order valence-electron chi connectivity index (χ2n) is 2.55. The van der Waals surface area contributed by atoms with Gasteiger partial charge < -0.3 is 0 Å². The van der Waals surface area contributed by atoms with Crippen molar-refractivity contribution in [2.24, 2.45) is 10.3 Å². The minimum atomic E-state index is -1.20. The summed E-state index contributed by atoms with van der Waals surface area (Å²) in [5.41, 5.74) is 0. The molecule has 1 aliphatic rings. The molecule has 0 fully saturated rings. The SMILES string of the molecule is CC(C)C1=NS1(C)C#N. The van der Waals surface area contributed by atoms with Gasteiger partial charge in [-0.1, -0.05) is 13.8 Å². The van der Waals surface area contributed by atoms with Gasteiger partial charge in [0.15, 0.2) is 0 Å². The molecule has 1 heterocycles. The molecule has 0 amide bonds. The number of rotatable bonds is 1. The Morgan fingerprint density at radius 3 is 2.33 bits per heavy atom. The van der Waals surface area contributed by atoms with E-state index in [9.17, 15) is 0 Å². The summed E-state index contributed by atoms with van der Waals surface area (Å²) < 4.78 is 4.14. The van der Waals surface area contributed by atoms with Gasteiger partial charge in [-0.05, 0) is 10.2 Å². The maximum Gasteiger partial charge on any atom is 0.139 e. The average Bonchev–Trinajstić information content (AvgIpc) is 2.44. The molecule has 1 rings (SSSR count). The largest absolute Gasteiger partial charge is 0.215 e. The van der Waals surface area contributed by atoms with Crippen molar-refractivity contribution in [1.82, 2.24) is 0 Å². The summed E-state index contributed by atoms with van der Waals surface area (Å²) >= 11 is 0. The lowest BCUT2D eigenvalue weighted by Crippen LogP contribution is -1.95. The zero-order valence-electron chi connectivity index (χ0n) is 5.88. The smallest absolute Gasteiger partial charge is 0.139 e. The summed E-state index contributed by atoms with van der Waals surface area (Å²) in [6.45, 7) is 4.16. The standard InChI is InChI=1S/C6H10N2S/c1-5(2)6-8-9(6,3)4-7/h5H,1-3H3. The van der Waals surface area contributed by atoms with Gasteiger partial charge in [-0.2, -0.15) is 5.26 Å². The predicted octanol–water partition coefficient (Wildman–Crippen LogP) is 1.88. The fraction of sp³-hybridized carbons (Fsp3) is 0.667. The molecule has 1 atom stereocenters. The lowest BCUT2D eigenvalue weighted by atomic mass is 10.3. The molecule has 1 unspecified atom stereocenters. The predicted molar refractivity (Wildman–Crippen MR) is 41.4 cm³/mol. The van der Waals surface area contributed by atoms with Crippen LogP contribution in [0.4, 0.5) is 0 Å². The molecule has 0 saturated heterocycles. The van der Waals surface area contributed by atoms with Crippen molar-refractivity contribution in [3.63, 3.8) is 0 Å². The van der Waals surface area contributed by atoms with Gasteiger partial charge in [0.1, 0.15) is 5.40 Å². The van der Waals surface area contributed by atoms with Crippen molar-refractivity contribution in [1.29, 1.82) is 5.26 Å². The molecular weight excluding hydrogens is 132 g/mol. The summed E-state index contributed by atoms with van der Waals surface area (Å²) in [5.74, 6) is 0.477. The minimum Gasteiger partial charge on any atom is -0.215 e. The number of thiocyanates is 1. The van der Waals surface area contributed by atoms with Gasteiger partial charge in [-0.15, -0.1) is 0 Å². The van der Waals surface area contributed by atoms with Crippen LogP contribution in [0.2, 0.25) is 0 Å². The molecular formula is C6H10N2S. The van der Waals surface area contributed by atoms with Crippen molar-refractivity contribution in [2.75, 3.05) is 6.26 Å². The molecule has 0 aromatic carbocycles. The van der Waals surface area contributed by atoms with E-state index in [0.29, 0.717) is 5.92 Å². The van der Waals surface area contributed by atoms with E-state index >= 15 is 0 Å². The van der Waals surface area contributed by atoms with E-state index in [4.69, 9.17) is 5.26 Å². The Bertz CT molecular complexity index is 202. The third kappa shape index (κ3) is 0.948. The summed E-state index contributed by atoms with van der Waals surface area (Å²) in [6.07, 6.45) is 1.93. The van der Waals surface area contributed by atoms with Crippen molar-refractivity contribution in [2.45, 2.75) is 13.8 Å². The van der Waals surface area contributed by atoms with Crippen molar-refractivity contribution >= 4 is 15.3 Å². The lowest BCUT2D eigenvalue weighted by Gasteiger charge is -2.01. The van der Waals surface area contributed by atoms with Crippen LogP contribution in [0.1, 0.15) is 13.8 Å². The zero-order chi connectivity index (χ0) is 7.07. The van der Waals surface area contributed by atoms with Crippen LogP contribution in [0.25, 0.3) is 0 Å². The molecule has 3 heteroatoms. The first kappa shape index (κ1) is 6.63. The minimum absolute atomic E-state index is 0.477. The van der Waals surface area contributed by atoms with Gasteiger partial charge in [-0.25, -0.2) is 4.40 Å². The van der Waals surface area contributed by atoms with Crippen LogP contribution in [0, 0.1) is 16.6 Å². The van der Waals surface area contributed by atoms with Gasteiger partial charge in [-0.3, -0.25) is 0 Å². The van der Waals surface area contributed by atoms with E-state index in [0.717, 1.165) is 5.04 Å². The van der Waals surface area contributed by atoms with E-state index < -0.39 is 10.2 Å². The summed E-state index contributed by atoms with van der Waals surface area (Å²) in [7, 11) is -1.20. The van der Waals surface area contributed by atoms with Crippen LogP contribution in [0.5, 0.6) is 0 Å². The molecule has 0 saturated carbocycles. The fourth-order valence-electron chi connectivity index (χ4n) is 0.793. The molecule has 50 valence electrons. The number of nitriles is 1. The van der Waals surface area contributed by atoms with E-state index in [1.807, 2.05) is 6.26 Å². The van der Waals surface area contributed by atoms with Gasteiger partial charge in [0, 0.05) is 12.2 Å². The Hall–Kier alpha value is -0.490. The van der Waals surface area contributed by atoms with Gasteiger partial charge >= 0.3 is 0 Å². The van der Waals surface area contributed by atoms with Crippen LogP contribution >= 0.6 is 10.2 Å². The van der Waals surface area contributed by atoms with E-state index in [-0.39, 0.29) is 0 Å². The molecule has 0 N–H and O–H groups in total. The maximum absolute atomic E-state index is 8.56. The Labute approximate surface area is 57.0 Å². The molecule has 2 nitrogen and oxygen atoms in total. The molecule has 0 spiro atoms. The first-order chi connectivity index (χ1) is 4.10. The zero-order valence-corrected chi connectivity index (χ0v) is 6.70. The second-order valence-corrected chi connectivity index (χ2v) is 5.09. The highest BCUT2D eigenvalue weighted by Gasteiger charge is 2.38. The highest BCUT2D eigenvalue weighted by molar-refractivity contribution is 8.53. The first-order valence-corrected chi connectivity index (χ1v) is 4.89. The van der Waals surface area contributed by atoms with Crippen molar-refractivity contribution in [3.8, 4) is 5.40 Å². The fourth-order valence-corrected chi connectivity index (χ4v) is 2.71. The van der Waals surface area contributed by atoms with Crippen molar-refractivity contribution in [3.05, 3.63) is 0 Å². The highest BCUT2D eigenvalue weighted by atomic mass is 32.3. The Kier molecular flexibility index (Phi) is 1.28. The van der Waals surface area contributed by atoms with E-state index in [1.165, 1.54) is 0 Å². The Morgan fingerprint density at radius 2 is 2.22 bits per heavy atom. The monoisotopic (exact) mass is 142 g/mol. The average molecular weight is 142 g/mol. The summed E-state index contributed by atoms with van der Waals surface area (Å²) in [4.78, 5) is 0. The van der Waals surface area contributed by atoms with Crippen LogP contribution in [-0.2, 0) is 0 Å². The summed E-state index contributed by atoms with van der Waals surface area (Å²) in [5, 5.41) is 11.9. The maximum atomic E-state index is 8.56. The topological polar surface area (TPSA) is 36.1 Å². The molecule has 0 aliphatic carbocycles. The molecule has 0 aromatic rings. The highest BCUT2D eigenvalue weighted by Crippen LogP contribution is 2.61. The summed E-state index contributed by atoms with van der Waals surface area (Å²) in [6, 6.07) is 0. The van der Waals surface area contributed by atoms with Crippen LogP contribution in [0.3, 0.4) is 0 Å². The molecule has 1 aliphatic heterocycles. The molecule has 0 aromatic heterocycles. The first-order valence-electron chi connectivity index (χ1n) is 2.89. The van der Waals surface area contributed by atoms with E-state index in [2.05, 4.69) is 23.6 Å². The van der Waals surface area contributed by atoms with Crippen LogP contribution < -0.4 is 0 Å². The molecule has 0 radical (unpaired) electrons. The van der Waals surface area contributed by atoms with Gasteiger partial charge in [0.25, 0.3) is 0 Å². The second kappa shape index (κ2) is 1.74. The normalized spacial score (nSPS) is 38.8. The quantitative estimate of drug-likeness (QED) is 0.515. The van der Waals surface area contributed by atoms with Gasteiger partial charge in [0.05, 0.1) is 5.04 Å². The third-order valence-corrected chi connectivity index (χ3v) is 3.44. The Morgan fingerprint density at radius 1 is 1.67 bits per heavy atom. The van der Waals surface area contributed by atoms with Crippen LogP contribution in [0.15, 0.2) is 4.40 Å².